The molecule has 0 aliphatic rings. The van der Waals surface area contributed by atoms with Gasteiger partial charge in [-0.25, -0.2) is 14.4 Å². The molecule has 1 aromatic heterocycles. The summed E-state index contributed by atoms with van der Waals surface area (Å²) in [5.41, 5.74) is -2.01. The quantitative estimate of drug-likeness (QED) is 0.508. The van der Waals surface area contributed by atoms with Crippen molar-refractivity contribution >= 4 is 29.2 Å². The van der Waals surface area contributed by atoms with Crippen molar-refractivity contribution in [2.75, 3.05) is 6.61 Å². The molecule has 0 aliphatic carbocycles. The summed E-state index contributed by atoms with van der Waals surface area (Å²) in [4.78, 5) is 18.7. The standard InChI is InChI=1S/C16H12Cl2F4N2O2/c1-3-26-15(25)7(2)8-4-9(11(19)5-10(8)17)13-12(18)14(16(20,21)22)24-6-23-13/h4-7H,3H2,1-2H3. The maximum atomic E-state index is 14.3. The van der Waals surface area contributed by atoms with Crippen LogP contribution in [0.5, 0.6) is 0 Å². The second-order valence-electron chi connectivity index (χ2n) is 5.21. The van der Waals surface area contributed by atoms with Crippen LogP contribution in [0.4, 0.5) is 17.6 Å². The average molecular weight is 411 g/mol. The van der Waals surface area contributed by atoms with Crippen LogP contribution in [-0.2, 0) is 15.7 Å². The van der Waals surface area contributed by atoms with Crippen LogP contribution < -0.4 is 0 Å². The second-order valence-corrected chi connectivity index (χ2v) is 6.00. The first-order valence-corrected chi connectivity index (χ1v) is 8.07. The van der Waals surface area contributed by atoms with E-state index in [2.05, 4.69) is 9.97 Å². The Kier molecular flexibility index (Phi) is 6.08. The molecule has 0 fully saturated rings. The fourth-order valence-corrected chi connectivity index (χ4v) is 2.85. The number of carbonyl (C=O) groups excluding carboxylic acids is 1. The number of nitrogens with zero attached hydrogens (tertiary/aromatic N) is 2. The molecule has 140 valence electrons. The third-order valence-electron chi connectivity index (χ3n) is 3.51. The van der Waals surface area contributed by atoms with E-state index in [0.29, 0.717) is 6.33 Å². The van der Waals surface area contributed by atoms with Crippen LogP contribution in [0.25, 0.3) is 11.3 Å². The molecule has 10 heteroatoms. The Labute approximate surface area is 156 Å². The number of esters is 1. The predicted octanol–water partition coefficient (Wildman–Crippen LogP) is 5.27. The Balaban J connectivity index is 2.62. The zero-order valence-electron chi connectivity index (χ0n) is 13.5. The van der Waals surface area contributed by atoms with E-state index in [-0.39, 0.29) is 22.8 Å². The molecule has 1 unspecified atom stereocenters. The SMILES string of the molecule is CCOC(=O)C(C)c1cc(-c2ncnc(C(F)(F)F)c2Cl)c(F)cc1Cl. The van der Waals surface area contributed by atoms with Crippen molar-refractivity contribution in [2.24, 2.45) is 0 Å². The van der Waals surface area contributed by atoms with Crippen LogP contribution in [0.1, 0.15) is 31.0 Å². The molecule has 0 spiro atoms. The number of ether oxygens (including phenoxy) is 1. The molecule has 2 aromatic rings. The van der Waals surface area contributed by atoms with Gasteiger partial charge in [0.15, 0.2) is 5.69 Å². The monoisotopic (exact) mass is 410 g/mol. The Morgan fingerprint density at radius 2 is 1.92 bits per heavy atom. The van der Waals surface area contributed by atoms with Gasteiger partial charge in [-0.15, -0.1) is 0 Å². The predicted molar refractivity (Wildman–Crippen MR) is 87.5 cm³/mol. The number of benzene rings is 1. The lowest BCUT2D eigenvalue weighted by Gasteiger charge is -2.16. The second kappa shape index (κ2) is 7.75. The van der Waals surface area contributed by atoms with E-state index < -0.39 is 40.3 Å². The molecule has 2 rings (SSSR count). The summed E-state index contributed by atoms with van der Waals surface area (Å²) in [6.07, 6.45) is -4.20. The van der Waals surface area contributed by atoms with Crippen LogP contribution in [0, 0.1) is 5.82 Å². The highest BCUT2D eigenvalue weighted by molar-refractivity contribution is 6.34. The van der Waals surface area contributed by atoms with Gasteiger partial charge in [-0.1, -0.05) is 23.2 Å². The van der Waals surface area contributed by atoms with Crippen molar-refractivity contribution in [1.82, 2.24) is 9.97 Å². The normalized spacial score (nSPS) is 12.8. The summed E-state index contributed by atoms with van der Waals surface area (Å²) >= 11 is 11.7. The van der Waals surface area contributed by atoms with E-state index in [1.54, 1.807) is 6.92 Å². The molecule has 0 radical (unpaired) electrons. The fourth-order valence-electron chi connectivity index (χ4n) is 2.23. The molecular formula is C16H12Cl2F4N2O2. The Morgan fingerprint density at radius 1 is 1.27 bits per heavy atom. The third kappa shape index (κ3) is 4.07. The third-order valence-corrected chi connectivity index (χ3v) is 4.19. The van der Waals surface area contributed by atoms with Crippen molar-refractivity contribution in [1.29, 1.82) is 0 Å². The van der Waals surface area contributed by atoms with Crippen LogP contribution >= 0.6 is 23.2 Å². The minimum atomic E-state index is -4.83. The molecule has 0 aliphatic heterocycles. The molecule has 4 nitrogen and oxygen atoms in total. The summed E-state index contributed by atoms with van der Waals surface area (Å²) in [5, 5.41) is -0.927. The number of rotatable bonds is 4. The van der Waals surface area contributed by atoms with Crippen LogP contribution in [-0.4, -0.2) is 22.5 Å². The first kappa shape index (κ1) is 20.4. The lowest BCUT2D eigenvalue weighted by molar-refractivity contribution is -0.144. The van der Waals surface area contributed by atoms with Gasteiger partial charge in [-0.2, -0.15) is 13.2 Å². The highest BCUT2D eigenvalue weighted by atomic mass is 35.5. The summed E-state index contributed by atoms with van der Waals surface area (Å²) < 4.78 is 58.1. The van der Waals surface area contributed by atoms with Crippen molar-refractivity contribution < 1.29 is 27.1 Å². The van der Waals surface area contributed by atoms with E-state index in [1.807, 2.05) is 0 Å². The zero-order chi connectivity index (χ0) is 19.6. The molecule has 1 heterocycles. The van der Waals surface area contributed by atoms with Gasteiger partial charge in [-0.05, 0) is 31.5 Å². The lowest BCUT2D eigenvalue weighted by Crippen LogP contribution is -2.14. The van der Waals surface area contributed by atoms with Crippen molar-refractivity contribution in [3.05, 3.63) is 45.6 Å². The van der Waals surface area contributed by atoms with Gasteiger partial charge in [-0.3, -0.25) is 4.79 Å². The van der Waals surface area contributed by atoms with Crippen molar-refractivity contribution in [2.45, 2.75) is 25.9 Å². The van der Waals surface area contributed by atoms with Gasteiger partial charge in [0.25, 0.3) is 0 Å². The van der Waals surface area contributed by atoms with Crippen LogP contribution in [0.3, 0.4) is 0 Å². The number of hydrogen-bond acceptors (Lipinski definition) is 4. The van der Waals surface area contributed by atoms with E-state index in [1.165, 1.54) is 6.92 Å². The van der Waals surface area contributed by atoms with E-state index in [0.717, 1.165) is 12.1 Å². The van der Waals surface area contributed by atoms with E-state index in [4.69, 9.17) is 27.9 Å². The smallest absolute Gasteiger partial charge is 0.434 e. The number of aromatic nitrogens is 2. The van der Waals surface area contributed by atoms with E-state index in [9.17, 15) is 22.4 Å². The topological polar surface area (TPSA) is 52.1 Å². The molecule has 0 bridgehead atoms. The Bertz CT molecular complexity index is 844. The lowest BCUT2D eigenvalue weighted by atomic mass is 9.97. The average Bonchev–Trinajstić information content (AvgIpc) is 2.54. The van der Waals surface area contributed by atoms with Gasteiger partial charge in [0.1, 0.15) is 12.1 Å². The number of carbonyl (C=O) groups is 1. The number of halogens is 6. The molecule has 26 heavy (non-hydrogen) atoms. The molecule has 0 N–H and O–H groups in total. The molecule has 0 saturated carbocycles. The maximum absolute atomic E-state index is 14.3. The minimum absolute atomic E-state index is 0.0759. The van der Waals surface area contributed by atoms with Gasteiger partial charge in [0.05, 0.1) is 23.2 Å². The van der Waals surface area contributed by atoms with Gasteiger partial charge in [0, 0.05) is 10.6 Å². The molecule has 0 amide bonds. The summed E-state index contributed by atoms with van der Waals surface area (Å²) in [7, 11) is 0. The minimum Gasteiger partial charge on any atom is -0.466 e. The maximum Gasteiger partial charge on any atom is 0.434 e. The van der Waals surface area contributed by atoms with Crippen LogP contribution in [0.2, 0.25) is 10.0 Å². The first-order valence-electron chi connectivity index (χ1n) is 7.31. The number of hydrogen-bond donors (Lipinski definition) is 0. The largest absolute Gasteiger partial charge is 0.466 e. The van der Waals surface area contributed by atoms with Gasteiger partial charge in [0.2, 0.25) is 0 Å². The molecular weight excluding hydrogens is 399 g/mol. The van der Waals surface area contributed by atoms with Crippen molar-refractivity contribution in [3.63, 3.8) is 0 Å². The molecule has 1 atom stereocenters. The zero-order valence-corrected chi connectivity index (χ0v) is 15.0. The van der Waals surface area contributed by atoms with Gasteiger partial charge < -0.3 is 4.74 Å². The highest BCUT2D eigenvalue weighted by Crippen LogP contribution is 2.39. The first-order chi connectivity index (χ1) is 12.1. The fraction of sp³-hybridized carbons (Fsp3) is 0.312. The molecule has 0 saturated heterocycles. The van der Waals surface area contributed by atoms with Gasteiger partial charge >= 0.3 is 12.1 Å². The summed E-state index contributed by atoms with van der Waals surface area (Å²) in [6, 6.07) is 2.02. The summed E-state index contributed by atoms with van der Waals surface area (Å²) in [6.45, 7) is 3.22. The number of alkyl halides is 3. The Morgan fingerprint density at radius 3 is 2.50 bits per heavy atom. The van der Waals surface area contributed by atoms with E-state index >= 15 is 0 Å². The Hall–Kier alpha value is -1.93. The summed E-state index contributed by atoms with van der Waals surface area (Å²) in [5.74, 6) is -2.43. The molecule has 1 aromatic carbocycles. The van der Waals surface area contributed by atoms with Crippen molar-refractivity contribution in [3.8, 4) is 11.3 Å². The van der Waals surface area contributed by atoms with Crippen LogP contribution in [0.15, 0.2) is 18.5 Å². The highest BCUT2D eigenvalue weighted by Gasteiger charge is 2.37.